The van der Waals surface area contributed by atoms with Crippen molar-refractivity contribution in [3.8, 4) is 0 Å². The van der Waals surface area contributed by atoms with E-state index in [1.165, 1.54) is 5.56 Å². The fourth-order valence-electron chi connectivity index (χ4n) is 2.43. The number of amides is 1. The molecule has 20 heavy (non-hydrogen) atoms. The molecular weight excluding hydrogens is 274 g/mol. The van der Waals surface area contributed by atoms with E-state index in [-0.39, 0.29) is 18.3 Å². The van der Waals surface area contributed by atoms with E-state index >= 15 is 0 Å². The lowest BCUT2D eigenvalue weighted by Crippen LogP contribution is -2.51. The monoisotopic (exact) mass is 297 g/mol. The van der Waals surface area contributed by atoms with Crippen LogP contribution in [0.5, 0.6) is 0 Å². The van der Waals surface area contributed by atoms with Crippen LogP contribution in [0.4, 0.5) is 5.69 Å². The molecule has 0 aliphatic carbocycles. The summed E-state index contributed by atoms with van der Waals surface area (Å²) in [5.41, 5.74) is 2.14. The Morgan fingerprint density at radius 2 is 2.30 bits per heavy atom. The van der Waals surface area contributed by atoms with Crippen molar-refractivity contribution in [1.82, 2.24) is 10.2 Å². The Bertz CT molecular complexity index is 439. The molecule has 1 aliphatic heterocycles. The summed E-state index contributed by atoms with van der Waals surface area (Å²) in [5, 5.41) is 6.35. The third kappa shape index (κ3) is 5.12. The second-order valence-electron chi connectivity index (χ2n) is 5.19. The van der Waals surface area contributed by atoms with Crippen LogP contribution < -0.4 is 10.6 Å². The van der Waals surface area contributed by atoms with Crippen LogP contribution >= 0.6 is 12.4 Å². The number of nitrogens with one attached hydrogen (secondary N) is 2. The number of halogens is 1. The highest BCUT2D eigenvalue weighted by Gasteiger charge is 2.17. The average Bonchev–Trinajstić information content (AvgIpc) is 2.38. The predicted octanol–water partition coefficient (Wildman–Crippen LogP) is 1.90. The molecule has 1 aromatic rings. The molecule has 1 aliphatic rings. The van der Waals surface area contributed by atoms with Gasteiger partial charge in [-0.1, -0.05) is 19.1 Å². The first-order valence-electron chi connectivity index (χ1n) is 7.02. The number of benzene rings is 1. The second-order valence-corrected chi connectivity index (χ2v) is 5.19. The summed E-state index contributed by atoms with van der Waals surface area (Å²) < 4.78 is 0. The second kappa shape index (κ2) is 8.25. The molecule has 2 rings (SSSR count). The van der Waals surface area contributed by atoms with Crippen molar-refractivity contribution in [2.24, 2.45) is 0 Å². The molecule has 0 spiro atoms. The van der Waals surface area contributed by atoms with Crippen molar-refractivity contribution in [2.45, 2.75) is 26.3 Å². The Balaban J connectivity index is 0.00000200. The Morgan fingerprint density at radius 1 is 1.50 bits per heavy atom. The molecule has 1 saturated heterocycles. The predicted molar refractivity (Wildman–Crippen MR) is 85.6 cm³/mol. The van der Waals surface area contributed by atoms with Gasteiger partial charge in [-0.25, -0.2) is 0 Å². The molecule has 1 unspecified atom stereocenters. The third-order valence-electron chi connectivity index (χ3n) is 3.44. The topological polar surface area (TPSA) is 44.4 Å². The van der Waals surface area contributed by atoms with Crippen molar-refractivity contribution in [1.29, 1.82) is 0 Å². The van der Waals surface area contributed by atoms with Gasteiger partial charge < -0.3 is 10.6 Å². The molecule has 1 heterocycles. The van der Waals surface area contributed by atoms with E-state index in [4.69, 9.17) is 0 Å². The first-order valence-corrected chi connectivity index (χ1v) is 7.02. The smallest absolute Gasteiger partial charge is 0.238 e. The Hall–Kier alpha value is -1.10. The van der Waals surface area contributed by atoms with Gasteiger partial charge in [0.15, 0.2) is 0 Å². The van der Waals surface area contributed by atoms with Gasteiger partial charge in [0.25, 0.3) is 0 Å². The van der Waals surface area contributed by atoms with Gasteiger partial charge in [-0.3, -0.25) is 9.69 Å². The molecule has 1 fully saturated rings. The number of carbonyl (C=O) groups excluding carboxylic acids is 1. The lowest BCUT2D eigenvalue weighted by Gasteiger charge is -2.31. The maximum Gasteiger partial charge on any atom is 0.238 e. The van der Waals surface area contributed by atoms with Gasteiger partial charge in [0.05, 0.1) is 6.54 Å². The molecule has 0 saturated carbocycles. The average molecular weight is 298 g/mol. The van der Waals surface area contributed by atoms with E-state index in [1.807, 2.05) is 18.2 Å². The van der Waals surface area contributed by atoms with Crippen LogP contribution in [-0.4, -0.2) is 43.0 Å². The molecule has 0 radical (unpaired) electrons. The molecule has 0 bridgehead atoms. The largest absolute Gasteiger partial charge is 0.325 e. The van der Waals surface area contributed by atoms with E-state index in [2.05, 4.69) is 35.4 Å². The van der Waals surface area contributed by atoms with Crippen molar-refractivity contribution >= 4 is 24.0 Å². The standard InChI is InChI=1S/C15H23N3O.ClH/c1-3-13-5-4-6-14(9-13)17-15(19)11-18-8-7-16-12(2)10-18;/h4-6,9,12,16H,3,7-8,10-11H2,1-2H3,(H,17,19);1H. The summed E-state index contributed by atoms with van der Waals surface area (Å²) in [6.07, 6.45) is 0.985. The molecule has 5 heteroatoms. The van der Waals surface area contributed by atoms with E-state index in [0.29, 0.717) is 12.6 Å². The molecular formula is C15H24ClN3O. The summed E-state index contributed by atoms with van der Waals surface area (Å²) in [4.78, 5) is 14.2. The van der Waals surface area contributed by atoms with Crippen molar-refractivity contribution in [3.63, 3.8) is 0 Å². The maximum absolute atomic E-state index is 12.0. The van der Waals surface area contributed by atoms with Crippen molar-refractivity contribution < 1.29 is 4.79 Å². The first kappa shape index (κ1) is 17.0. The molecule has 112 valence electrons. The zero-order valence-electron chi connectivity index (χ0n) is 12.2. The van der Waals surface area contributed by atoms with E-state index in [1.54, 1.807) is 0 Å². The van der Waals surface area contributed by atoms with Crippen LogP contribution in [-0.2, 0) is 11.2 Å². The lowest BCUT2D eigenvalue weighted by atomic mass is 10.1. The first-order chi connectivity index (χ1) is 9.17. The minimum absolute atomic E-state index is 0. The number of aryl methyl sites for hydroxylation is 1. The number of piperazine rings is 1. The SMILES string of the molecule is CCc1cccc(NC(=O)CN2CCNC(C)C2)c1.Cl. The number of hydrogen-bond acceptors (Lipinski definition) is 3. The van der Waals surface area contributed by atoms with Gasteiger partial charge in [-0.15, -0.1) is 12.4 Å². The van der Waals surface area contributed by atoms with Gasteiger partial charge in [-0.2, -0.15) is 0 Å². The van der Waals surface area contributed by atoms with Gasteiger partial charge >= 0.3 is 0 Å². The van der Waals surface area contributed by atoms with Gasteiger partial charge in [-0.05, 0) is 31.0 Å². The quantitative estimate of drug-likeness (QED) is 0.892. The number of anilines is 1. The zero-order chi connectivity index (χ0) is 13.7. The molecule has 0 aromatic heterocycles. The molecule has 1 atom stereocenters. The highest BCUT2D eigenvalue weighted by Crippen LogP contribution is 2.11. The zero-order valence-corrected chi connectivity index (χ0v) is 13.0. The van der Waals surface area contributed by atoms with Crippen LogP contribution in [0.25, 0.3) is 0 Å². The fourth-order valence-corrected chi connectivity index (χ4v) is 2.43. The highest BCUT2D eigenvalue weighted by molar-refractivity contribution is 5.92. The Labute approximate surface area is 127 Å². The van der Waals surface area contributed by atoms with Crippen LogP contribution in [0.1, 0.15) is 19.4 Å². The van der Waals surface area contributed by atoms with E-state index in [0.717, 1.165) is 31.7 Å². The van der Waals surface area contributed by atoms with E-state index < -0.39 is 0 Å². The van der Waals surface area contributed by atoms with Crippen molar-refractivity contribution in [2.75, 3.05) is 31.5 Å². The minimum Gasteiger partial charge on any atom is -0.325 e. The fraction of sp³-hybridized carbons (Fsp3) is 0.533. The van der Waals surface area contributed by atoms with Crippen molar-refractivity contribution in [3.05, 3.63) is 29.8 Å². The normalized spacial score (nSPS) is 19.2. The van der Waals surface area contributed by atoms with Crippen LogP contribution in [0, 0.1) is 0 Å². The van der Waals surface area contributed by atoms with E-state index in [9.17, 15) is 4.79 Å². The Kier molecular flexibility index (Phi) is 6.99. The Morgan fingerprint density at radius 3 is 3.00 bits per heavy atom. The number of rotatable bonds is 4. The summed E-state index contributed by atoms with van der Waals surface area (Å²) >= 11 is 0. The van der Waals surface area contributed by atoms with Crippen LogP contribution in [0.2, 0.25) is 0 Å². The van der Waals surface area contributed by atoms with Crippen LogP contribution in [0.15, 0.2) is 24.3 Å². The highest BCUT2D eigenvalue weighted by atomic mass is 35.5. The maximum atomic E-state index is 12.0. The molecule has 2 N–H and O–H groups in total. The lowest BCUT2D eigenvalue weighted by molar-refractivity contribution is -0.117. The minimum atomic E-state index is 0. The van der Waals surface area contributed by atoms with Gasteiger partial charge in [0.2, 0.25) is 5.91 Å². The summed E-state index contributed by atoms with van der Waals surface area (Å²) in [5.74, 6) is 0.0716. The number of nitrogens with zero attached hydrogens (tertiary/aromatic N) is 1. The summed E-state index contributed by atoms with van der Waals surface area (Å²) in [6.45, 7) is 7.56. The van der Waals surface area contributed by atoms with Gasteiger partial charge in [0, 0.05) is 31.4 Å². The molecule has 4 nitrogen and oxygen atoms in total. The summed E-state index contributed by atoms with van der Waals surface area (Å²) in [6, 6.07) is 8.51. The summed E-state index contributed by atoms with van der Waals surface area (Å²) in [7, 11) is 0. The third-order valence-corrected chi connectivity index (χ3v) is 3.44. The molecule has 1 aromatic carbocycles. The van der Waals surface area contributed by atoms with Crippen LogP contribution in [0.3, 0.4) is 0 Å². The van der Waals surface area contributed by atoms with Gasteiger partial charge in [0.1, 0.15) is 0 Å². The number of carbonyl (C=O) groups is 1. The molecule has 1 amide bonds. The number of hydrogen-bond donors (Lipinski definition) is 2.